The number of hydrogen-bond acceptors (Lipinski definition) is 1. The molecule has 4 heteroatoms. The van der Waals surface area contributed by atoms with Crippen molar-refractivity contribution < 1.29 is 17.9 Å². The van der Waals surface area contributed by atoms with Crippen LogP contribution in [0.4, 0.5) is 13.2 Å². The van der Waals surface area contributed by atoms with Gasteiger partial charge < -0.3 is 4.74 Å². The maximum Gasteiger partial charge on any atom is 0.573 e. The molecule has 2 fully saturated rings. The van der Waals surface area contributed by atoms with E-state index in [2.05, 4.69) is 23.8 Å². The number of ether oxygens (including phenoxy) is 1. The Morgan fingerprint density at radius 3 is 2.06 bits per heavy atom. The molecular formula is C27H39F3O. The molecule has 1 aromatic carbocycles. The molecule has 0 aromatic heterocycles. The van der Waals surface area contributed by atoms with E-state index < -0.39 is 6.36 Å². The Morgan fingerprint density at radius 1 is 0.871 bits per heavy atom. The molecule has 0 radical (unpaired) electrons. The van der Waals surface area contributed by atoms with Crippen LogP contribution < -0.4 is 4.74 Å². The molecule has 0 saturated heterocycles. The highest BCUT2D eigenvalue weighted by Crippen LogP contribution is 2.38. The first-order valence-corrected chi connectivity index (χ1v) is 12.4. The summed E-state index contributed by atoms with van der Waals surface area (Å²) in [5.41, 5.74) is 1.13. The van der Waals surface area contributed by atoms with Crippen molar-refractivity contribution in [2.75, 3.05) is 0 Å². The van der Waals surface area contributed by atoms with Crippen LogP contribution in [0.3, 0.4) is 0 Å². The average molecular weight is 437 g/mol. The van der Waals surface area contributed by atoms with Crippen LogP contribution in [0.2, 0.25) is 0 Å². The molecule has 0 bridgehead atoms. The quantitative estimate of drug-likeness (QED) is 0.351. The van der Waals surface area contributed by atoms with Crippen LogP contribution in [0, 0.1) is 17.8 Å². The highest BCUT2D eigenvalue weighted by atomic mass is 19.4. The first-order valence-electron chi connectivity index (χ1n) is 12.4. The molecule has 0 amide bonds. The second-order valence-electron chi connectivity index (χ2n) is 9.76. The van der Waals surface area contributed by atoms with Gasteiger partial charge in [-0.15, -0.1) is 13.2 Å². The zero-order chi connectivity index (χ0) is 22.1. The fourth-order valence-electron chi connectivity index (χ4n) is 5.51. The van der Waals surface area contributed by atoms with E-state index in [0.717, 1.165) is 30.2 Å². The van der Waals surface area contributed by atoms with Gasteiger partial charge in [-0.1, -0.05) is 76.2 Å². The molecule has 2 saturated carbocycles. The van der Waals surface area contributed by atoms with Gasteiger partial charge in [-0.25, -0.2) is 0 Å². The molecule has 0 aliphatic heterocycles. The molecule has 1 nitrogen and oxygen atoms in total. The molecule has 174 valence electrons. The Labute approximate surface area is 186 Å². The average Bonchev–Trinajstić information content (AvgIpc) is 2.76. The SMILES string of the molecule is CCCCC1CCC(CC/C=C/C2CCC(c3ccc(OC(F)(F)F)cc3)CC2)CC1. The Hall–Kier alpha value is -1.45. The van der Waals surface area contributed by atoms with E-state index in [1.54, 1.807) is 12.1 Å². The van der Waals surface area contributed by atoms with Gasteiger partial charge in [0.1, 0.15) is 5.75 Å². The van der Waals surface area contributed by atoms with E-state index in [0.29, 0.717) is 11.8 Å². The highest BCUT2D eigenvalue weighted by molar-refractivity contribution is 5.30. The predicted octanol–water partition coefficient (Wildman–Crippen LogP) is 9.19. The van der Waals surface area contributed by atoms with Crippen LogP contribution in [0.5, 0.6) is 5.75 Å². The maximum absolute atomic E-state index is 12.3. The molecule has 0 spiro atoms. The largest absolute Gasteiger partial charge is 0.573 e. The number of halogens is 3. The topological polar surface area (TPSA) is 9.23 Å². The highest BCUT2D eigenvalue weighted by Gasteiger charge is 2.31. The van der Waals surface area contributed by atoms with E-state index >= 15 is 0 Å². The Morgan fingerprint density at radius 2 is 1.48 bits per heavy atom. The summed E-state index contributed by atoms with van der Waals surface area (Å²) < 4.78 is 40.9. The van der Waals surface area contributed by atoms with Crippen LogP contribution in [-0.2, 0) is 0 Å². The van der Waals surface area contributed by atoms with Gasteiger partial charge in [0.05, 0.1) is 0 Å². The van der Waals surface area contributed by atoms with Crippen molar-refractivity contribution in [1.29, 1.82) is 0 Å². The molecule has 3 rings (SSSR count). The van der Waals surface area contributed by atoms with E-state index in [-0.39, 0.29) is 5.75 Å². The van der Waals surface area contributed by atoms with Crippen molar-refractivity contribution in [2.45, 2.75) is 103 Å². The van der Waals surface area contributed by atoms with Crippen molar-refractivity contribution in [3.63, 3.8) is 0 Å². The summed E-state index contributed by atoms with van der Waals surface area (Å²) in [7, 11) is 0. The first-order chi connectivity index (χ1) is 14.9. The molecule has 0 unspecified atom stereocenters. The number of alkyl halides is 3. The van der Waals surface area contributed by atoms with Crippen molar-refractivity contribution in [3.05, 3.63) is 42.0 Å². The number of rotatable bonds is 9. The van der Waals surface area contributed by atoms with E-state index in [9.17, 15) is 13.2 Å². The lowest BCUT2D eigenvalue weighted by molar-refractivity contribution is -0.274. The minimum Gasteiger partial charge on any atom is -0.406 e. The van der Waals surface area contributed by atoms with Crippen molar-refractivity contribution in [2.24, 2.45) is 17.8 Å². The zero-order valence-corrected chi connectivity index (χ0v) is 19.0. The standard InChI is InChI=1S/C27H39F3O/c1-2-3-6-21-9-11-22(12-10-21)7-4-5-8-23-13-15-24(16-14-23)25-17-19-26(20-18-25)31-27(28,29)30/h5,8,17-24H,2-4,6-7,9-16H2,1H3/b8-5+. The third-order valence-electron chi connectivity index (χ3n) is 7.44. The molecule has 0 N–H and O–H groups in total. The van der Waals surface area contributed by atoms with Crippen molar-refractivity contribution in [3.8, 4) is 5.75 Å². The van der Waals surface area contributed by atoms with E-state index in [1.807, 2.05) is 0 Å². The van der Waals surface area contributed by atoms with Gasteiger partial charge in [0.2, 0.25) is 0 Å². The fraction of sp³-hybridized carbons (Fsp3) is 0.704. The summed E-state index contributed by atoms with van der Waals surface area (Å²) in [4.78, 5) is 0. The van der Waals surface area contributed by atoms with Gasteiger partial charge in [0, 0.05) is 0 Å². The number of hydrogen-bond donors (Lipinski definition) is 0. The summed E-state index contributed by atoms with van der Waals surface area (Å²) in [6.45, 7) is 2.29. The second-order valence-corrected chi connectivity index (χ2v) is 9.76. The first kappa shape index (κ1) is 24.2. The van der Waals surface area contributed by atoms with Crippen LogP contribution in [0.15, 0.2) is 36.4 Å². The van der Waals surface area contributed by atoms with Gasteiger partial charge in [0.25, 0.3) is 0 Å². The summed E-state index contributed by atoms with van der Waals surface area (Å²) in [6.07, 6.45) is 17.3. The predicted molar refractivity (Wildman–Crippen MR) is 121 cm³/mol. The summed E-state index contributed by atoms with van der Waals surface area (Å²) in [5.74, 6) is 2.90. The van der Waals surface area contributed by atoms with Gasteiger partial charge in [0.15, 0.2) is 0 Å². The molecule has 0 heterocycles. The van der Waals surface area contributed by atoms with Crippen LogP contribution in [0.25, 0.3) is 0 Å². The van der Waals surface area contributed by atoms with Gasteiger partial charge in [-0.05, 0) is 79.9 Å². The fourth-order valence-corrected chi connectivity index (χ4v) is 5.51. The third kappa shape index (κ3) is 8.54. The monoisotopic (exact) mass is 436 g/mol. The number of benzene rings is 1. The van der Waals surface area contributed by atoms with Crippen molar-refractivity contribution in [1.82, 2.24) is 0 Å². The van der Waals surface area contributed by atoms with Crippen LogP contribution in [0.1, 0.15) is 102 Å². The molecule has 2 aliphatic carbocycles. The minimum absolute atomic E-state index is 0.137. The Bertz CT molecular complexity index is 648. The van der Waals surface area contributed by atoms with Gasteiger partial charge in [-0.2, -0.15) is 0 Å². The van der Waals surface area contributed by atoms with Crippen LogP contribution >= 0.6 is 0 Å². The molecule has 2 aliphatic rings. The van der Waals surface area contributed by atoms with E-state index in [4.69, 9.17) is 0 Å². The van der Waals surface area contributed by atoms with Gasteiger partial charge in [-0.3, -0.25) is 0 Å². The second kappa shape index (κ2) is 12.0. The minimum atomic E-state index is -4.63. The van der Waals surface area contributed by atoms with Crippen LogP contribution in [-0.4, -0.2) is 6.36 Å². The van der Waals surface area contributed by atoms with E-state index in [1.165, 1.54) is 82.8 Å². The Kier molecular flexibility index (Phi) is 9.34. The molecule has 0 atom stereocenters. The Balaban J connectivity index is 1.32. The lowest BCUT2D eigenvalue weighted by Gasteiger charge is -2.28. The molecule has 31 heavy (non-hydrogen) atoms. The summed E-state index contributed by atoms with van der Waals surface area (Å²) in [5, 5.41) is 0. The number of allylic oxidation sites excluding steroid dienone is 2. The zero-order valence-electron chi connectivity index (χ0n) is 19.0. The smallest absolute Gasteiger partial charge is 0.406 e. The van der Waals surface area contributed by atoms with Crippen molar-refractivity contribution >= 4 is 0 Å². The lowest BCUT2D eigenvalue weighted by atomic mass is 9.77. The molecular weight excluding hydrogens is 397 g/mol. The third-order valence-corrected chi connectivity index (χ3v) is 7.44. The summed E-state index contributed by atoms with van der Waals surface area (Å²) >= 11 is 0. The van der Waals surface area contributed by atoms with Gasteiger partial charge >= 0.3 is 6.36 Å². The lowest BCUT2D eigenvalue weighted by Crippen LogP contribution is -2.17. The summed E-state index contributed by atoms with van der Waals surface area (Å²) in [6, 6.07) is 6.45. The maximum atomic E-state index is 12.3. The number of unbranched alkanes of at least 4 members (excludes halogenated alkanes) is 1. The normalized spacial score (nSPS) is 27.5. The molecule has 1 aromatic rings.